The maximum absolute atomic E-state index is 12.1. The minimum atomic E-state index is -0.444. The quantitative estimate of drug-likeness (QED) is 0.398. The maximum atomic E-state index is 12.1. The molecule has 0 N–H and O–H groups in total. The van der Waals surface area contributed by atoms with Crippen LogP contribution in [0.3, 0.4) is 0 Å². The van der Waals surface area contributed by atoms with Crippen LogP contribution in [-0.2, 0) is 21.0 Å². The fourth-order valence-corrected chi connectivity index (χ4v) is 3.25. The smallest absolute Gasteiger partial charge is 0.297 e. The minimum absolute atomic E-state index is 0.227. The summed E-state index contributed by atoms with van der Waals surface area (Å²) in [6.07, 6.45) is 6.02. The van der Waals surface area contributed by atoms with Crippen LogP contribution < -0.4 is 0 Å². The Morgan fingerprint density at radius 1 is 1.08 bits per heavy atom. The lowest BCUT2D eigenvalue weighted by Crippen LogP contribution is -2.36. The van der Waals surface area contributed by atoms with Crippen LogP contribution in [0.2, 0.25) is 0 Å². The molecule has 1 aliphatic carbocycles. The molecule has 26 heavy (non-hydrogen) atoms. The third-order valence-corrected chi connectivity index (χ3v) is 5.00. The number of hydrogen-bond acceptors (Lipinski definition) is 4. The lowest BCUT2D eigenvalue weighted by Gasteiger charge is -2.33. The standard InChI is InChI=1S/C22H31NO3/c1-3-23(4-2)18-12-11-17-22(15-9-6-10-16-22)26-25-21(24)19-20-13-7-5-8-14-20/h5,7-8,13-14H,3-4,6,9-10,15-19H2,1-2H3. The Morgan fingerprint density at radius 3 is 2.42 bits per heavy atom. The average Bonchev–Trinajstić information content (AvgIpc) is 2.68. The zero-order valence-electron chi connectivity index (χ0n) is 16.1. The Balaban J connectivity index is 1.87. The molecular formula is C22H31NO3. The molecule has 0 bridgehead atoms. The van der Waals surface area contributed by atoms with E-state index in [9.17, 15) is 4.79 Å². The van der Waals surface area contributed by atoms with Crippen molar-refractivity contribution in [1.82, 2.24) is 4.90 Å². The predicted molar refractivity (Wildman–Crippen MR) is 103 cm³/mol. The molecule has 1 fully saturated rings. The SMILES string of the molecule is CCN(CC)CC#CCC1(OOC(=O)Cc2ccccc2)CCCCC1. The molecule has 1 aliphatic rings. The van der Waals surface area contributed by atoms with Crippen LogP contribution >= 0.6 is 0 Å². The van der Waals surface area contributed by atoms with Gasteiger partial charge in [-0.25, -0.2) is 4.79 Å². The minimum Gasteiger partial charge on any atom is -0.297 e. The van der Waals surface area contributed by atoms with Crippen LogP contribution in [0.1, 0.15) is 57.9 Å². The Bertz CT molecular complexity index is 593. The molecule has 1 saturated carbocycles. The molecule has 1 aromatic rings. The number of carbonyl (C=O) groups is 1. The highest BCUT2D eigenvalue weighted by Gasteiger charge is 2.35. The van der Waals surface area contributed by atoms with Gasteiger partial charge in [-0.3, -0.25) is 9.79 Å². The number of carbonyl (C=O) groups excluding carboxylic acids is 1. The van der Waals surface area contributed by atoms with Crippen molar-refractivity contribution in [3.63, 3.8) is 0 Å². The second kappa shape index (κ2) is 11.0. The van der Waals surface area contributed by atoms with Gasteiger partial charge < -0.3 is 0 Å². The van der Waals surface area contributed by atoms with Crippen LogP contribution in [0.5, 0.6) is 0 Å². The summed E-state index contributed by atoms with van der Waals surface area (Å²) in [5, 5.41) is 0. The van der Waals surface area contributed by atoms with Crippen molar-refractivity contribution in [3.05, 3.63) is 35.9 Å². The second-order valence-corrected chi connectivity index (χ2v) is 6.94. The van der Waals surface area contributed by atoms with Crippen molar-refractivity contribution >= 4 is 5.97 Å². The van der Waals surface area contributed by atoms with Crippen molar-refractivity contribution in [2.24, 2.45) is 0 Å². The Morgan fingerprint density at radius 2 is 1.77 bits per heavy atom. The zero-order valence-corrected chi connectivity index (χ0v) is 16.1. The summed E-state index contributed by atoms with van der Waals surface area (Å²) in [7, 11) is 0. The lowest BCUT2D eigenvalue weighted by atomic mass is 9.82. The lowest BCUT2D eigenvalue weighted by molar-refractivity contribution is -0.338. The highest BCUT2D eigenvalue weighted by molar-refractivity contribution is 5.71. The molecule has 4 nitrogen and oxygen atoms in total. The molecule has 0 spiro atoms. The number of hydrogen-bond donors (Lipinski definition) is 0. The van der Waals surface area contributed by atoms with E-state index in [1.807, 2.05) is 30.3 Å². The average molecular weight is 357 g/mol. The number of benzene rings is 1. The third-order valence-electron chi connectivity index (χ3n) is 5.00. The van der Waals surface area contributed by atoms with Crippen molar-refractivity contribution in [2.75, 3.05) is 19.6 Å². The molecule has 2 rings (SSSR count). The second-order valence-electron chi connectivity index (χ2n) is 6.94. The Kier molecular flexibility index (Phi) is 8.67. The fourth-order valence-electron chi connectivity index (χ4n) is 3.25. The first kappa shape index (κ1) is 20.5. The Hall–Kier alpha value is -1.83. The number of nitrogens with zero attached hydrogens (tertiary/aromatic N) is 1. The van der Waals surface area contributed by atoms with Gasteiger partial charge in [0.15, 0.2) is 0 Å². The van der Waals surface area contributed by atoms with Gasteiger partial charge in [0.1, 0.15) is 5.60 Å². The summed E-state index contributed by atoms with van der Waals surface area (Å²) < 4.78 is 0. The van der Waals surface area contributed by atoms with Crippen LogP contribution in [0.25, 0.3) is 0 Å². The molecule has 1 aromatic carbocycles. The van der Waals surface area contributed by atoms with Crippen LogP contribution in [-0.4, -0.2) is 36.1 Å². The molecular weight excluding hydrogens is 326 g/mol. The monoisotopic (exact) mass is 357 g/mol. The summed E-state index contributed by atoms with van der Waals surface area (Å²) in [5.41, 5.74) is 0.485. The first-order valence-corrected chi connectivity index (χ1v) is 9.78. The molecule has 0 atom stereocenters. The van der Waals surface area contributed by atoms with Crippen molar-refractivity contribution in [3.8, 4) is 11.8 Å². The van der Waals surface area contributed by atoms with E-state index < -0.39 is 5.60 Å². The van der Waals surface area contributed by atoms with Crippen LogP contribution in [0.4, 0.5) is 0 Å². The summed E-state index contributed by atoms with van der Waals surface area (Å²) in [6, 6.07) is 9.58. The highest BCUT2D eigenvalue weighted by Crippen LogP contribution is 2.34. The topological polar surface area (TPSA) is 38.8 Å². The van der Waals surface area contributed by atoms with Gasteiger partial charge in [0, 0.05) is 6.42 Å². The summed E-state index contributed by atoms with van der Waals surface area (Å²) in [6.45, 7) is 7.07. The van der Waals surface area contributed by atoms with Gasteiger partial charge in [0.05, 0.1) is 13.0 Å². The summed E-state index contributed by atoms with van der Waals surface area (Å²) in [4.78, 5) is 25.3. The maximum Gasteiger partial charge on any atom is 0.346 e. The zero-order chi connectivity index (χ0) is 18.7. The largest absolute Gasteiger partial charge is 0.346 e. The highest BCUT2D eigenvalue weighted by atomic mass is 17.2. The van der Waals surface area contributed by atoms with Crippen LogP contribution in [0, 0.1) is 11.8 Å². The summed E-state index contributed by atoms with van der Waals surface area (Å²) in [5.74, 6) is 6.15. The molecule has 0 radical (unpaired) electrons. The van der Waals surface area contributed by atoms with Gasteiger partial charge in [-0.05, 0) is 31.5 Å². The van der Waals surface area contributed by atoms with Gasteiger partial charge in [-0.2, -0.15) is 4.89 Å². The van der Waals surface area contributed by atoms with E-state index in [-0.39, 0.29) is 12.4 Å². The molecule has 0 aliphatic heterocycles. The molecule has 142 valence electrons. The molecule has 0 heterocycles. The fraction of sp³-hybridized carbons (Fsp3) is 0.591. The van der Waals surface area contributed by atoms with Crippen molar-refractivity contribution in [1.29, 1.82) is 0 Å². The molecule has 0 amide bonds. The van der Waals surface area contributed by atoms with E-state index >= 15 is 0 Å². The van der Waals surface area contributed by atoms with Gasteiger partial charge in [0.25, 0.3) is 0 Å². The van der Waals surface area contributed by atoms with Crippen molar-refractivity contribution in [2.45, 2.75) is 64.4 Å². The predicted octanol–water partition coefficient (Wildman–Crippen LogP) is 4.14. The molecule has 0 saturated heterocycles. The van der Waals surface area contributed by atoms with E-state index in [0.29, 0.717) is 6.42 Å². The van der Waals surface area contributed by atoms with E-state index in [2.05, 4.69) is 30.6 Å². The number of rotatable bonds is 8. The normalized spacial score (nSPS) is 16.0. The summed E-state index contributed by atoms with van der Waals surface area (Å²) >= 11 is 0. The van der Waals surface area contributed by atoms with Gasteiger partial charge in [0.2, 0.25) is 0 Å². The van der Waals surface area contributed by atoms with Crippen molar-refractivity contribution < 1.29 is 14.6 Å². The first-order valence-electron chi connectivity index (χ1n) is 9.78. The van der Waals surface area contributed by atoms with Gasteiger partial charge in [-0.1, -0.05) is 75.3 Å². The molecule has 4 heteroatoms. The van der Waals surface area contributed by atoms with Crippen LogP contribution in [0.15, 0.2) is 30.3 Å². The molecule has 0 aromatic heterocycles. The van der Waals surface area contributed by atoms with Gasteiger partial charge >= 0.3 is 5.97 Å². The van der Waals surface area contributed by atoms with E-state index in [1.54, 1.807) is 0 Å². The van der Waals surface area contributed by atoms with E-state index in [1.165, 1.54) is 6.42 Å². The third kappa shape index (κ3) is 6.82. The van der Waals surface area contributed by atoms with E-state index in [0.717, 1.165) is 50.9 Å². The van der Waals surface area contributed by atoms with Gasteiger partial charge in [-0.15, -0.1) is 0 Å². The molecule has 0 unspecified atom stereocenters. The van der Waals surface area contributed by atoms with E-state index in [4.69, 9.17) is 9.78 Å². The Labute approximate surface area is 157 Å². The first-order chi connectivity index (χ1) is 12.7.